The highest BCUT2D eigenvalue weighted by atomic mass is 16.6. The Hall–Kier alpha value is -2.63. The van der Waals surface area contributed by atoms with Crippen molar-refractivity contribution in [2.75, 3.05) is 13.2 Å². The second-order valence-electron chi connectivity index (χ2n) is 18.1. The van der Waals surface area contributed by atoms with Crippen LogP contribution in [-0.2, 0) is 28.6 Å². The molecule has 0 bridgehead atoms. The van der Waals surface area contributed by atoms with Crippen LogP contribution < -0.4 is 0 Å². The van der Waals surface area contributed by atoms with E-state index in [2.05, 4.69) is 69.4 Å². The van der Waals surface area contributed by atoms with E-state index in [-0.39, 0.29) is 37.5 Å². The van der Waals surface area contributed by atoms with Crippen molar-refractivity contribution in [1.82, 2.24) is 0 Å². The van der Waals surface area contributed by atoms with Gasteiger partial charge in [-0.15, -0.1) is 0 Å². The number of carbonyl (C=O) groups is 3. The third-order valence-electron chi connectivity index (χ3n) is 11.8. The summed E-state index contributed by atoms with van der Waals surface area (Å²) in [5.41, 5.74) is 0. The van der Waals surface area contributed by atoms with Crippen LogP contribution in [0, 0.1) is 0 Å². The Labute approximate surface area is 390 Å². The maximum atomic E-state index is 12.8. The van der Waals surface area contributed by atoms with E-state index >= 15 is 0 Å². The van der Waals surface area contributed by atoms with E-state index in [1.807, 2.05) is 0 Å². The smallest absolute Gasteiger partial charge is 0.306 e. The Morgan fingerprint density at radius 3 is 0.968 bits per heavy atom. The van der Waals surface area contributed by atoms with Crippen molar-refractivity contribution < 1.29 is 28.6 Å². The van der Waals surface area contributed by atoms with Crippen molar-refractivity contribution in [3.8, 4) is 0 Å². The molecule has 6 nitrogen and oxygen atoms in total. The van der Waals surface area contributed by atoms with Gasteiger partial charge in [0, 0.05) is 19.3 Å². The second-order valence-corrected chi connectivity index (χ2v) is 18.1. The van der Waals surface area contributed by atoms with Crippen LogP contribution in [0.25, 0.3) is 0 Å². The summed E-state index contributed by atoms with van der Waals surface area (Å²) in [7, 11) is 0. The van der Waals surface area contributed by atoms with Gasteiger partial charge in [-0.3, -0.25) is 14.4 Å². The Kier molecular flexibility index (Phi) is 49.8. The number of hydrogen-bond donors (Lipinski definition) is 0. The summed E-state index contributed by atoms with van der Waals surface area (Å²) >= 11 is 0. The number of carbonyl (C=O) groups excluding carboxylic acids is 3. The first-order valence-electron chi connectivity index (χ1n) is 27.1. The minimum Gasteiger partial charge on any atom is -0.462 e. The zero-order chi connectivity index (χ0) is 45.8. The highest BCUT2D eigenvalue weighted by Gasteiger charge is 2.19. The van der Waals surface area contributed by atoms with Gasteiger partial charge in [-0.1, -0.05) is 230 Å². The summed E-state index contributed by atoms with van der Waals surface area (Å²) in [5, 5.41) is 0. The molecule has 366 valence electrons. The van der Waals surface area contributed by atoms with Gasteiger partial charge in [0.05, 0.1) is 0 Å². The molecule has 0 aromatic heterocycles. The molecule has 0 aromatic carbocycles. The van der Waals surface area contributed by atoms with Crippen LogP contribution in [0.3, 0.4) is 0 Å². The van der Waals surface area contributed by atoms with E-state index in [1.165, 1.54) is 161 Å². The largest absolute Gasteiger partial charge is 0.462 e. The van der Waals surface area contributed by atoms with Crippen molar-refractivity contribution in [3.05, 3.63) is 48.6 Å². The molecule has 0 rings (SSSR count). The lowest BCUT2D eigenvalue weighted by molar-refractivity contribution is -0.167. The highest BCUT2D eigenvalue weighted by molar-refractivity contribution is 5.71. The average Bonchev–Trinajstić information content (AvgIpc) is 3.28. The van der Waals surface area contributed by atoms with E-state index < -0.39 is 6.10 Å². The molecular formula is C57H102O6. The molecule has 0 saturated heterocycles. The van der Waals surface area contributed by atoms with E-state index in [0.717, 1.165) is 70.6 Å². The molecule has 0 radical (unpaired) electrons. The molecule has 0 aliphatic rings. The van der Waals surface area contributed by atoms with Gasteiger partial charge in [0.25, 0.3) is 0 Å². The summed E-state index contributed by atoms with van der Waals surface area (Å²) in [4.78, 5) is 38.0. The second kappa shape index (κ2) is 52.0. The summed E-state index contributed by atoms with van der Waals surface area (Å²) in [5.74, 6) is -0.944. The van der Waals surface area contributed by atoms with E-state index in [9.17, 15) is 14.4 Å². The van der Waals surface area contributed by atoms with Gasteiger partial charge < -0.3 is 14.2 Å². The van der Waals surface area contributed by atoms with Crippen molar-refractivity contribution in [2.45, 2.75) is 284 Å². The fourth-order valence-corrected chi connectivity index (χ4v) is 7.69. The minimum atomic E-state index is -0.794. The zero-order valence-corrected chi connectivity index (χ0v) is 41.8. The number of ether oxygens (including phenoxy) is 3. The lowest BCUT2D eigenvalue weighted by Gasteiger charge is -2.18. The summed E-state index contributed by atoms with van der Waals surface area (Å²) in [6, 6.07) is 0. The number of allylic oxidation sites excluding steroid dienone is 8. The first kappa shape index (κ1) is 60.4. The summed E-state index contributed by atoms with van der Waals surface area (Å²) < 4.78 is 16.8. The number of esters is 3. The van der Waals surface area contributed by atoms with Crippen LogP contribution in [0.1, 0.15) is 278 Å². The lowest BCUT2D eigenvalue weighted by Crippen LogP contribution is -2.30. The third kappa shape index (κ3) is 50.2. The standard InChI is InChI=1S/C57H102O6/c1-4-7-10-13-16-19-22-25-27-29-31-32-35-38-41-44-47-50-56(59)62-53-54(52-61-55(58)49-46-43-40-37-34-24-21-18-15-12-9-6-3)63-57(60)51-48-45-42-39-36-33-30-28-26-23-20-17-14-11-8-5-2/h25,27-28,30-32,38,41,54H,4-24,26,29,33-37,39-40,42-53H2,1-3H3/b27-25-,30-28-,32-31-,41-38-. The number of unbranched alkanes of at least 4 members (excludes halogenated alkanes) is 30. The van der Waals surface area contributed by atoms with Crippen molar-refractivity contribution in [1.29, 1.82) is 0 Å². The van der Waals surface area contributed by atoms with Crippen LogP contribution >= 0.6 is 0 Å². The average molecular weight is 883 g/mol. The Morgan fingerprint density at radius 1 is 0.317 bits per heavy atom. The van der Waals surface area contributed by atoms with Crippen molar-refractivity contribution in [2.24, 2.45) is 0 Å². The Balaban J connectivity index is 4.44. The molecule has 1 unspecified atom stereocenters. The highest BCUT2D eigenvalue weighted by Crippen LogP contribution is 2.15. The van der Waals surface area contributed by atoms with Crippen LogP contribution in [-0.4, -0.2) is 37.2 Å². The molecule has 0 amide bonds. The molecule has 1 atom stereocenters. The molecule has 0 spiro atoms. The van der Waals surface area contributed by atoms with Gasteiger partial charge in [0.15, 0.2) is 6.10 Å². The quantitative estimate of drug-likeness (QED) is 0.0262. The van der Waals surface area contributed by atoms with Gasteiger partial charge in [-0.2, -0.15) is 0 Å². The summed E-state index contributed by atoms with van der Waals surface area (Å²) in [6.45, 7) is 6.59. The topological polar surface area (TPSA) is 78.9 Å². The van der Waals surface area contributed by atoms with Crippen LogP contribution in [0.4, 0.5) is 0 Å². The molecule has 0 aliphatic heterocycles. The SMILES string of the molecule is CCCCCCCC/C=C\C/C=C\C/C=C\CCCC(=O)OCC(COC(=O)CCCCCCCCCCCCCC)OC(=O)CCCCCCC/C=C\CCCCCCCCC. The fourth-order valence-electron chi connectivity index (χ4n) is 7.69. The Bertz CT molecular complexity index is 1110. The molecule has 6 heteroatoms. The molecule has 0 heterocycles. The van der Waals surface area contributed by atoms with E-state index in [0.29, 0.717) is 19.3 Å². The molecule has 0 saturated carbocycles. The summed E-state index contributed by atoms with van der Waals surface area (Å²) in [6.07, 6.45) is 62.4. The lowest BCUT2D eigenvalue weighted by atomic mass is 10.0. The molecule has 0 N–H and O–H groups in total. The van der Waals surface area contributed by atoms with Crippen LogP contribution in [0.2, 0.25) is 0 Å². The van der Waals surface area contributed by atoms with Crippen LogP contribution in [0.15, 0.2) is 48.6 Å². The fraction of sp³-hybridized carbons (Fsp3) is 0.807. The Morgan fingerprint density at radius 2 is 0.587 bits per heavy atom. The van der Waals surface area contributed by atoms with Gasteiger partial charge in [-0.05, 0) is 77.0 Å². The molecular weight excluding hydrogens is 781 g/mol. The zero-order valence-electron chi connectivity index (χ0n) is 41.8. The van der Waals surface area contributed by atoms with Gasteiger partial charge >= 0.3 is 17.9 Å². The molecule has 0 fully saturated rings. The third-order valence-corrected chi connectivity index (χ3v) is 11.8. The maximum absolute atomic E-state index is 12.8. The van der Waals surface area contributed by atoms with Crippen molar-refractivity contribution >= 4 is 17.9 Å². The van der Waals surface area contributed by atoms with Gasteiger partial charge in [0.1, 0.15) is 13.2 Å². The van der Waals surface area contributed by atoms with Gasteiger partial charge in [-0.25, -0.2) is 0 Å². The minimum absolute atomic E-state index is 0.0895. The normalized spacial score (nSPS) is 12.4. The molecule has 0 aromatic rings. The first-order valence-corrected chi connectivity index (χ1v) is 27.1. The predicted octanol–water partition coefficient (Wildman–Crippen LogP) is 17.9. The number of hydrogen-bond acceptors (Lipinski definition) is 6. The number of rotatable bonds is 49. The predicted molar refractivity (Wildman–Crippen MR) is 270 cm³/mol. The monoisotopic (exact) mass is 883 g/mol. The van der Waals surface area contributed by atoms with E-state index in [1.54, 1.807) is 0 Å². The van der Waals surface area contributed by atoms with Crippen LogP contribution in [0.5, 0.6) is 0 Å². The molecule has 0 aliphatic carbocycles. The maximum Gasteiger partial charge on any atom is 0.306 e. The van der Waals surface area contributed by atoms with E-state index in [4.69, 9.17) is 14.2 Å². The molecule has 63 heavy (non-hydrogen) atoms. The van der Waals surface area contributed by atoms with Gasteiger partial charge in [0.2, 0.25) is 0 Å². The van der Waals surface area contributed by atoms with Crippen molar-refractivity contribution in [3.63, 3.8) is 0 Å². The first-order chi connectivity index (χ1) is 31.0.